The van der Waals surface area contributed by atoms with Crippen LogP contribution in [0.3, 0.4) is 0 Å². The van der Waals surface area contributed by atoms with Crippen molar-refractivity contribution in [1.82, 2.24) is 10.7 Å². The second kappa shape index (κ2) is 11.4. The minimum absolute atomic E-state index is 0.139. The second-order valence-corrected chi connectivity index (χ2v) is 7.12. The van der Waals surface area contributed by atoms with Crippen molar-refractivity contribution in [3.05, 3.63) is 27.8 Å². The molecular weight excluding hydrogens is 380 g/mol. The molecule has 1 aromatic carbocycles. The lowest BCUT2D eigenvalue weighted by Gasteiger charge is -2.23. The molecule has 0 bridgehead atoms. The molecule has 1 aromatic rings. The highest BCUT2D eigenvalue weighted by Crippen LogP contribution is 2.38. The summed E-state index contributed by atoms with van der Waals surface area (Å²) in [6.07, 6.45) is 9.11. The quantitative estimate of drug-likeness (QED) is 0.210. The number of hydrazone groups is 1. The van der Waals surface area contributed by atoms with Crippen LogP contribution in [0.2, 0.25) is 0 Å². The van der Waals surface area contributed by atoms with Gasteiger partial charge in [0.05, 0.1) is 24.9 Å². The first-order chi connectivity index (χ1) is 13.5. The Hall–Kier alpha value is -2.42. The first kappa shape index (κ1) is 21.9. The monoisotopic (exact) mass is 408 g/mol. The SMILES string of the molecule is CCCCOc1c(OC)cc(/C=N\NC(=S)NC2CCCCC2)cc1[N+](=O)[O-]. The number of nitro benzene ring substituents is 1. The Morgan fingerprint density at radius 1 is 1.39 bits per heavy atom. The third-order valence-corrected chi connectivity index (χ3v) is 4.75. The van der Waals surface area contributed by atoms with Crippen molar-refractivity contribution in [3.63, 3.8) is 0 Å². The minimum atomic E-state index is -0.482. The zero-order chi connectivity index (χ0) is 20.4. The molecule has 0 spiro atoms. The van der Waals surface area contributed by atoms with Crippen molar-refractivity contribution in [2.24, 2.45) is 5.10 Å². The number of nitrogens with zero attached hydrogens (tertiary/aromatic N) is 2. The summed E-state index contributed by atoms with van der Waals surface area (Å²) in [4.78, 5) is 11.0. The van der Waals surface area contributed by atoms with Gasteiger partial charge < -0.3 is 14.8 Å². The number of hydrogen-bond acceptors (Lipinski definition) is 6. The molecule has 0 aromatic heterocycles. The normalized spacial score (nSPS) is 14.6. The molecule has 0 saturated heterocycles. The van der Waals surface area contributed by atoms with Crippen molar-refractivity contribution in [3.8, 4) is 11.5 Å². The Morgan fingerprint density at radius 2 is 2.14 bits per heavy atom. The van der Waals surface area contributed by atoms with Crippen LogP contribution in [-0.2, 0) is 0 Å². The average Bonchev–Trinajstić information content (AvgIpc) is 2.69. The van der Waals surface area contributed by atoms with Gasteiger partial charge >= 0.3 is 5.69 Å². The highest BCUT2D eigenvalue weighted by molar-refractivity contribution is 7.80. The largest absolute Gasteiger partial charge is 0.493 e. The van der Waals surface area contributed by atoms with Gasteiger partial charge in [0.1, 0.15) is 0 Å². The van der Waals surface area contributed by atoms with E-state index in [1.807, 2.05) is 6.92 Å². The summed E-state index contributed by atoms with van der Waals surface area (Å²) in [5, 5.41) is 19.2. The summed E-state index contributed by atoms with van der Waals surface area (Å²) < 4.78 is 10.9. The molecule has 0 radical (unpaired) electrons. The number of rotatable bonds is 9. The summed E-state index contributed by atoms with van der Waals surface area (Å²) in [6.45, 7) is 2.42. The molecule has 1 fully saturated rings. The van der Waals surface area contributed by atoms with Crippen LogP contribution < -0.4 is 20.2 Å². The average molecular weight is 409 g/mol. The van der Waals surface area contributed by atoms with E-state index in [2.05, 4.69) is 15.8 Å². The van der Waals surface area contributed by atoms with Crippen LogP contribution in [0.4, 0.5) is 5.69 Å². The van der Waals surface area contributed by atoms with Crippen LogP contribution in [0.15, 0.2) is 17.2 Å². The van der Waals surface area contributed by atoms with E-state index in [0.29, 0.717) is 29.1 Å². The Kier molecular flexibility index (Phi) is 8.93. The fourth-order valence-electron chi connectivity index (χ4n) is 3.06. The fourth-order valence-corrected chi connectivity index (χ4v) is 3.28. The molecule has 0 aliphatic heterocycles. The lowest BCUT2D eigenvalue weighted by Crippen LogP contribution is -2.40. The van der Waals surface area contributed by atoms with Crippen LogP contribution in [0, 0.1) is 10.1 Å². The molecule has 0 unspecified atom stereocenters. The molecule has 28 heavy (non-hydrogen) atoms. The van der Waals surface area contributed by atoms with E-state index < -0.39 is 4.92 Å². The van der Waals surface area contributed by atoms with Crippen molar-refractivity contribution in [2.45, 2.75) is 57.9 Å². The molecule has 1 aliphatic carbocycles. The maximum atomic E-state index is 11.5. The van der Waals surface area contributed by atoms with Gasteiger partial charge in [-0.2, -0.15) is 5.10 Å². The maximum Gasteiger partial charge on any atom is 0.315 e. The van der Waals surface area contributed by atoms with E-state index in [0.717, 1.165) is 25.7 Å². The number of benzene rings is 1. The predicted molar refractivity (Wildman–Crippen MR) is 113 cm³/mol. The van der Waals surface area contributed by atoms with Gasteiger partial charge in [0, 0.05) is 17.7 Å². The van der Waals surface area contributed by atoms with Gasteiger partial charge in [-0.1, -0.05) is 32.6 Å². The summed E-state index contributed by atoms with van der Waals surface area (Å²) in [5.41, 5.74) is 3.13. The molecule has 1 aliphatic rings. The van der Waals surface area contributed by atoms with Crippen molar-refractivity contribution < 1.29 is 14.4 Å². The zero-order valence-corrected chi connectivity index (χ0v) is 17.2. The predicted octanol–water partition coefficient (Wildman–Crippen LogP) is 3.91. The van der Waals surface area contributed by atoms with Crippen molar-refractivity contribution >= 4 is 29.2 Å². The summed E-state index contributed by atoms with van der Waals surface area (Å²) in [5.74, 6) is 0.440. The van der Waals surface area contributed by atoms with Gasteiger partial charge in [-0.25, -0.2) is 0 Å². The van der Waals surface area contributed by atoms with Crippen LogP contribution in [0.25, 0.3) is 0 Å². The van der Waals surface area contributed by atoms with Crippen LogP contribution in [0.1, 0.15) is 57.4 Å². The van der Waals surface area contributed by atoms with Gasteiger partial charge in [0.2, 0.25) is 5.75 Å². The number of unbranched alkanes of at least 4 members (excludes halogenated alkanes) is 1. The van der Waals surface area contributed by atoms with Crippen LogP contribution >= 0.6 is 12.2 Å². The van der Waals surface area contributed by atoms with Crippen molar-refractivity contribution in [2.75, 3.05) is 13.7 Å². The van der Waals surface area contributed by atoms with Gasteiger partial charge in [-0.15, -0.1) is 0 Å². The molecule has 2 N–H and O–H groups in total. The van der Waals surface area contributed by atoms with Gasteiger partial charge in [-0.05, 0) is 37.5 Å². The molecular formula is C19H28N4O4S. The molecule has 154 valence electrons. The van der Waals surface area contributed by atoms with Gasteiger partial charge in [0.15, 0.2) is 10.9 Å². The Labute approximate surface area is 170 Å². The third-order valence-electron chi connectivity index (χ3n) is 4.54. The third kappa shape index (κ3) is 6.63. The number of methoxy groups -OCH3 is 1. The Morgan fingerprint density at radius 3 is 2.79 bits per heavy atom. The van der Waals surface area contributed by atoms with Gasteiger partial charge in [0.25, 0.3) is 0 Å². The first-order valence-corrected chi connectivity index (χ1v) is 10.0. The van der Waals surface area contributed by atoms with E-state index in [9.17, 15) is 10.1 Å². The number of ether oxygens (including phenoxy) is 2. The Balaban J connectivity index is 2.05. The molecule has 0 amide bonds. The minimum Gasteiger partial charge on any atom is -0.493 e. The summed E-state index contributed by atoms with van der Waals surface area (Å²) >= 11 is 5.26. The Bertz CT molecular complexity index is 705. The van der Waals surface area contributed by atoms with Crippen LogP contribution in [-0.4, -0.2) is 36.0 Å². The number of hydrogen-bond donors (Lipinski definition) is 2. The van der Waals surface area contributed by atoms with E-state index in [-0.39, 0.29) is 11.4 Å². The summed E-state index contributed by atoms with van der Waals surface area (Å²) in [7, 11) is 1.45. The second-order valence-electron chi connectivity index (χ2n) is 6.71. The molecule has 8 nitrogen and oxygen atoms in total. The van der Waals surface area contributed by atoms with E-state index in [4.69, 9.17) is 21.7 Å². The zero-order valence-electron chi connectivity index (χ0n) is 16.4. The smallest absolute Gasteiger partial charge is 0.315 e. The van der Waals surface area contributed by atoms with E-state index in [1.165, 1.54) is 38.7 Å². The lowest BCUT2D eigenvalue weighted by molar-refractivity contribution is -0.386. The van der Waals surface area contributed by atoms with Crippen molar-refractivity contribution in [1.29, 1.82) is 0 Å². The number of nitro groups is 1. The molecule has 0 atom stereocenters. The lowest BCUT2D eigenvalue weighted by atomic mass is 9.96. The highest BCUT2D eigenvalue weighted by Gasteiger charge is 2.22. The number of thiocarbonyl (C=S) groups is 1. The summed E-state index contributed by atoms with van der Waals surface area (Å²) in [6, 6.07) is 3.44. The topological polar surface area (TPSA) is 98.0 Å². The fraction of sp³-hybridized carbons (Fsp3) is 0.579. The van der Waals surface area contributed by atoms with E-state index >= 15 is 0 Å². The van der Waals surface area contributed by atoms with E-state index in [1.54, 1.807) is 6.07 Å². The molecule has 1 saturated carbocycles. The first-order valence-electron chi connectivity index (χ1n) is 9.64. The van der Waals surface area contributed by atoms with Gasteiger partial charge in [-0.3, -0.25) is 15.5 Å². The molecule has 0 heterocycles. The standard InChI is InChI=1S/C19H28N4O4S/c1-3-4-10-27-18-16(23(24)25)11-14(12-17(18)26-2)13-20-22-19(28)21-15-8-6-5-7-9-15/h11-13,15H,3-10H2,1-2H3,(H2,21,22,28)/b20-13-. The number of nitrogens with one attached hydrogen (secondary N) is 2. The van der Waals surface area contributed by atoms with Crippen LogP contribution in [0.5, 0.6) is 11.5 Å². The molecule has 2 rings (SSSR count). The highest BCUT2D eigenvalue weighted by atomic mass is 32.1. The maximum absolute atomic E-state index is 11.5. The molecule has 9 heteroatoms.